The molecular weight excluding hydrogens is 400 g/mol. The lowest BCUT2D eigenvalue weighted by atomic mass is 10.0. The molecule has 0 fully saturated rings. The van der Waals surface area contributed by atoms with E-state index < -0.39 is 5.97 Å². The molecule has 162 valence electrons. The summed E-state index contributed by atoms with van der Waals surface area (Å²) < 4.78 is 5.96. The summed E-state index contributed by atoms with van der Waals surface area (Å²) in [6, 6.07) is 10.3. The number of tetrazole rings is 1. The van der Waals surface area contributed by atoms with E-state index in [1.807, 2.05) is 6.92 Å². The molecule has 0 saturated carbocycles. The molecule has 0 saturated heterocycles. The van der Waals surface area contributed by atoms with Gasteiger partial charge in [-0.2, -0.15) is 4.80 Å². The number of nitrogens with zero attached hydrogens (tertiary/aromatic N) is 4. The van der Waals surface area contributed by atoms with Crippen molar-refractivity contribution in [2.75, 3.05) is 0 Å². The number of benzene rings is 2. The predicted molar refractivity (Wildman–Crippen MR) is 112 cm³/mol. The van der Waals surface area contributed by atoms with Gasteiger partial charge in [-0.05, 0) is 61.4 Å². The fourth-order valence-corrected chi connectivity index (χ4v) is 3.11. The van der Waals surface area contributed by atoms with Crippen molar-refractivity contribution in [3.63, 3.8) is 0 Å². The second kappa shape index (κ2) is 9.84. The Balaban J connectivity index is 1.74. The number of ether oxygens (including phenoxy) is 1. The summed E-state index contributed by atoms with van der Waals surface area (Å²) in [6.45, 7) is 3.78. The van der Waals surface area contributed by atoms with Gasteiger partial charge >= 0.3 is 5.97 Å². The van der Waals surface area contributed by atoms with Crippen LogP contribution in [-0.4, -0.2) is 42.2 Å². The van der Waals surface area contributed by atoms with Gasteiger partial charge in [-0.25, -0.2) is 0 Å². The molecular formula is C22H24N4O5. The largest absolute Gasteiger partial charge is 0.507 e. The highest BCUT2D eigenvalue weighted by Crippen LogP contribution is 2.35. The average molecular weight is 424 g/mol. The van der Waals surface area contributed by atoms with Gasteiger partial charge in [0.05, 0.1) is 12.1 Å². The van der Waals surface area contributed by atoms with Crippen molar-refractivity contribution in [2.24, 2.45) is 0 Å². The zero-order valence-corrected chi connectivity index (χ0v) is 17.4. The van der Waals surface area contributed by atoms with E-state index >= 15 is 0 Å². The van der Waals surface area contributed by atoms with Crippen LogP contribution in [0, 0.1) is 0 Å². The number of rotatable bonds is 10. The van der Waals surface area contributed by atoms with Crippen LogP contribution >= 0.6 is 0 Å². The van der Waals surface area contributed by atoms with Crippen molar-refractivity contribution in [1.29, 1.82) is 0 Å². The number of phenols is 1. The standard InChI is InChI=1S/C22H24N4O5/c1-3-5-18-19(12-11-17(14(2)27)21(18)30)31-16-9-7-15(8-10-16)22-23-25-26(24-22)13-4-6-20(28)29/h7-12,30H,3-6,13H2,1-2H3,(H,28,29). The number of aryl methyl sites for hydroxylation is 1. The second-order valence-corrected chi connectivity index (χ2v) is 7.08. The molecule has 0 atom stereocenters. The lowest BCUT2D eigenvalue weighted by Crippen LogP contribution is -2.05. The van der Waals surface area contributed by atoms with Gasteiger partial charge in [0.15, 0.2) is 5.78 Å². The smallest absolute Gasteiger partial charge is 0.303 e. The van der Waals surface area contributed by atoms with Crippen LogP contribution in [0.3, 0.4) is 0 Å². The predicted octanol–water partition coefficient (Wildman–Crippen LogP) is 3.86. The minimum atomic E-state index is -0.859. The molecule has 9 nitrogen and oxygen atoms in total. The summed E-state index contributed by atoms with van der Waals surface area (Å²) >= 11 is 0. The molecule has 0 radical (unpaired) electrons. The summed E-state index contributed by atoms with van der Waals surface area (Å²) in [4.78, 5) is 23.7. The van der Waals surface area contributed by atoms with Crippen LogP contribution in [-0.2, 0) is 17.8 Å². The number of carbonyl (C=O) groups excluding carboxylic acids is 1. The molecule has 0 aliphatic carbocycles. The van der Waals surface area contributed by atoms with Crippen LogP contribution in [0.1, 0.15) is 49.0 Å². The number of phenolic OH excluding ortho intramolecular Hbond substituents is 1. The minimum Gasteiger partial charge on any atom is -0.507 e. The van der Waals surface area contributed by atoms with E-state index in [1.54, 1.807) is 36.4 Å². The van der Waals surface area contributed by atoms with Gasteiger partial charge in [-0.15, -0.1) is 10.2 Å². The molecule has 3 rings (SSSR count). The number of carboxylic acid groups (broad SMARTS) is 1. The molecule has 1 heterocycles. The number of hydrogen-bond donors (Lipinski definition) is 2. The molecule has 0 aliphatic rings. The molecule has 1 aromatic heterocycles. The maximum absolute atomic E-state index is 11.7. The first-order valence-corrected chi connectivity index (χ1v) is 10.0. The fraction of sp³-hybridized carbons (Fsp3) is 0.318. The number of hydrogen-bond acceptors (Lipinski definition) is 7. The van der Waals surface area contributed by atoms with E-state index in [0.29, 0.717) is 42.3 Å². The summed E-state index contributed by atoms with van der Waals surface area (Å²) in [5.41, 5.74) is 1.62. The number of carbonyl (C=O) groups is 2. The zero-order chi connectivity index (χ0) is 22.4. The van der Waals surface area contributed by atoms with Crippen molar-refractivity contribution in [2.45, 2.75) is 46.1 Å². The highest BCUT2D eigenvalue weighted by Gasteiger charge is 2.16. The molecule has 31 heavy (non-hydrogen) atoms. The summed E-state index contributed by atoms with van der Waals surface area (Å²) in [6.07, 6.45) is 1.84. The summed E-state index contributed by atoms with van der Waals surface area (Å²) in [7, 11) is 0. The number of Topliss-reactive ketones (excluding diaryl/α,β-unsaturated/α-hetero) is 1. The Hall–Kier alpha value is -3.75. The second-order valence-electron chi connectivity index (χ2n) is 7.08. The lowest BCUT2D eigenvalue weighted by Gasteiger charge is -2.14. The first-order valence-electron chi connectivity index (χ1n) is 10.0. The Bertz CT molecular complexity index is 1080. The van der Waals surface area contributed by atoms with Crippen LogP contribution in [0.25, 0.3) is 11.4 Å². The van der Waals surface area contributed by atoms with Gasteiger partial charge in [-0.1, -0.05) is 13.3 Å². The first-order chi connectivity index (χ1) is 14.9. The Morgan fingerprint density at radius 1 is 1.13 bits per heavy atom. The van der Waals surface area contributed by atoms with E-state index in [1.165, 1.54) is 11.7 Å². The number of aliphatic carboxylic acids is 1. The Kier molecular flexibility index (Phi) is 6.96. The molecule has 0 bridgehead atoms. The van der Waals surface area contributed by atoms with Crippen molar-refractivity contribution in [3.8, 4) is 28.6 Å². The molecule has 2 aromatic carbocycles. The molecule has 0 spiro atoms. The van der Waals surface area contributed by atoms with Crippen molar-refractivity contribution >= 4 is 11.8 Å². The van der Waals surface area contributed by atoms with Gasteiger partial charge in [0.1, 0.15) is 17.2 Å². The third-order valence-electron chi connectivity index (χ3n) is 4.66. The Morgan fingerprint density at radius 2 is 1.87 bits per heavy atom. The SMILES string of the molecule is CCCc1c(Oc2ccc(-c3nnn(CCCC(=O)O)n3)cc2)ccc(C(C)=O)c1O. The lowest BCUT2D eigenvalue weighted by molar-refractivity contribution is -0.137. The first kappa shape index (κ1) is 21.9. The summed E-state index contributed by atoms with van der Waals surface area (Å²) in [5.74, 6) is 0.394. The Labute approximate surface area is 179 Å². The number of aromatic nitrogens is 4. The number of carboxylic acids is 1. The summed E-state index contributed by atoms with van der Waals surface area (Å²) in [5, 5.41) is 31.4. The van der Waals surface area contributed by atoms with Crippen LogP contribution in [0.4, 0.5) is 0 Å². The van der Waals surface area contributed by atoms with Gasteiger partial charge in [0.2, 0.25) is 5.82 Å². The third kappa shape index (κ3) is 5.44. The molecule has 0 amide bonds. The maximum Gasteiger partial charge on any atom is 0.303 e. The number of aromatic hydroxyl groups is 1. The van der Waals surface area contributed by atoms with E-state index in [2.05, 4.69) is 15.4 Å². The number of ketones is 1. The zero-order valence-electron chi connectivity index (χ0n) is 17.4. The van der Waals surface area contributed by atoms with E-state index in [9.17, 15) is 14.7 Å². The monoisotopic (exact) mass is 424 g/mol. The molecule has 9 heteroatoms. The normalized spacial score (nSPS) is 10.8. The van der Waals surface area contributed by atoms with Gasteiger partial charge in [0.25, 0.3) is 0 Å². The van der Waals surface area contributed by atoms with Crippen molar-refractivity contribution in [3.05, 3.63) is 47.5 Å². The van der Waals surface area contributed by atoms with Gasteiger partial charge in [0, 0.05) is 17.5 Å². The van der Waals surface area contributed by atoms with E-state index in [-0.39, 0.29) is 23.5 Å². The molecule has 0 aliphatic heterocycles. The quantitative estimate of drug-likeness (QED) is 0.470. The van der Waals surface area contributed by atoms with Gasteiger partial charge in [-0.3, -0.25) is 9.59 Å². The Morgan fingerprint density at radius 3 is 2.52 bits per heavy atom. The molecule has 2 N–H and O–H groups in total. The van der Waals surface area contributed by atoms with Crippen LogP contribution in [0.15, 0.2) is 36.4 Å². The van der Waals surface area contributed by atoms with Gasteiger partial charge < -0.3 is 14.9 Å². The fourth-order valence-electron chi connectivity index (χ4n) is 3.11. The highest BCUT2D eigenvalue weighted by atomic mass is 16.5. The van der Waals surface area contributed by atoms with Crippen LogP contribution in [0.2, 0.25) is 0 Å². The molecule has 3 aromatic rings. The highest BCUT2D eigenvalue weighted by molar-refractivity contribution is 5.97. The van der Waals surface area contributed by atoms with E-state index in [4.69, 9.17) is 9.84 Å². The maximum atomic E-state index is 11.7. The topological polar surface area (TPSA) is 127 Å². The third-order valence-corrected chi connectivity index (χ3v) is 4.66. The van der Waals surface area contributed by atoms with Crippen LogP contribution < -0.4 is 4.74 Å². The average Bonchev–Trinajstić information content (AvgIpc) is 3.19. The van der Waals surface area contributed by atoms with E-state index in [0.717, 1.165) is 12.0 Å². The minimum absolute atomic E-state index is 0.0350. The van der Waals surface area contributed by atoms with Crippen molar-refractivity contribution < 1.29 is 24.5 Å². The van der Waals surface area contributed by atoms with Crippen LogP contribution in [0.5, 0.6) is 17.2 Å². The molecule has 0 unspecified atom stereocenters. The van der Waals surface area contributed by atoms with Crippen molar-refractivity contribution in [1.82, 2.24) is 20.2 Å².